The Bertz CT molecular complexity index is 1560. The summed E-state index contributed by atoms with van der Waals surface area (Å²) in [7, 11) is 1.79. The van der Waals surface area contributed by atoms with Gasteiger partial charge in [0.25, 0.3) is 11.5 Å². The lowest BCUT2D eigenvalue weighted by Crippen LogP contribution is -2.23. The van der Waals surface area contributed by atoms with Crippen LogP contribution in [-0.4, -0.2) is 30.0 Å². The van der Waals surface area contributed by atoms with Gasteiger partial charge in [0.1, 0.15) is 5.69 Å². The number of nitrogens with zero attached hydrogens (tertiary/aromatic N) is 5. The average Bonchev–Trinajstić information content (AvgIpc) is 3.32. The first-order valence-corrected chi connectivity index (χ1v) is 10.5. The number of aromatic nitrogens is 5. The molecule has 0 saturated carbocycles. The Hall–Kier alpha value is -4.46. The fraction of sp³-hybridized carbons (Fsp3) is 0.120. The molecular formula is C25H22N6O2. The predicted octanol–water partition coefficient (Wildman–Crippen LogP) is 3.78. The molecule has 0 aliphatic heterocycles. The van der Waals surface area contributed by atoms with Crippen LogP contribution in [-0.2, 0) is 7.05 Å². The number of amides is 1. The van der Waals surface area contributed by atoms with E-state index in [1.165, 1.54) is 10.9 Å². The van der Waals surface area contributed by atoms with E-state index in [-0.39, 0.29) is 11.2 Å². The molecule has 1 N–H and O–H groups in total. The number of benzene rings is 2. The molecule has 1 amide bonds. The van der Waals surface area contributed by atoms with Gasteiger partial charge >= 0.3 is 0 Å². The van der Waals surface area contributed by atoms with Gasteiger partial charge in [-0.05, 0) is 44.2 Å². The van der Waals surface area contributed by atoms with E-state index in [9.17, 15) is 9.59 Å². The maximum Gasteiger partial charge on any atom is 0.295 e. The number of pyridine rings is 1. The highest BCUT2D eigenvalue weighted by Crippen LogP contribution is 2.19. The Morgan fingerprint density at radius 1 is 0.909 bits per heavy atom. The summed E-state index contributed by atoms with van der Waals surface area (Å²) < 4.78 is 4.88. The Morgan fingerprint density at radius 2 is 1.64 bits per heavy atom. The number of fused-ring (bicyclic) bond motifs is 1. The van der Waals surface area contributed by atoms with Crippen molar-refractivity contribution in [1.29, 1.82) is 0 Å². The fourth-order valence-corrected chi connectivity index (χ4v) is 3.93. The molecule has 0 unspecified atom stereocenters. The third-order valence-electron chi connectivity index (χ3n) is 5.85. The molecule has 8 heteroatoms. The molecule has 0 atom stereocenters. The molecular weight excluding hydrogens is 416 g/mol. The van der Waals surface area contributed by atoms with Gasteiger partial charge in [0, 0.05) is 12.4 Å². The van der Waals surface area contributed by atoms with Crippen LogP contribution in [0.1, 0.15) is 21.7 Å². The van der Waals surface area contributed by atoms with Crippen LogP contribution < -0.4 is 10.9 Å². The maximum absolute atomic E-state index is 13.1. The molecule has 8 nitrogen and oxygen atoms in total. The number of rotatable bonds is 4. The highest BCUT2D eigenvalue weighted by molar-refractivity contribution is 6.05. The Kier molecular flexibility index (Phi) is 4.90. The zero-order chi connectivity index (χ0) is 23.1. The maximum atomic E-state index is 13.1. The van der Waals surface area contributed by atoms with Gasteiger partial charge in [0.05, 0.1) is 34.4 Å². The lowest BCUT2D eigenvalue weighted by Gasteiger charge is -2.07. The van der Waals surface area contributed by atoms with Gasteiger partial charge in [-0.3, -0.25) is 14.3 Å². The molecule has 5 rings (SSSR count). The Morgan fingerprint density at radius 3 is 2.42 bits per heavy atom. The zero-order valence-electron chi connectivity index (χ0n) is 18.5. The van der Waals surface area contributed by atoms with Crippen molar-refractivity contribution in [2.75, 3.05) is 5.32 Å². The van der Waals surface area contributed by atoms with Crippen LogP contribution in [0.25, 0.3) is 22.4 Å². The SMILES string of the molecule is Cc1c(C(=O)Nc2c(C)n(C)n(-c3ccccc3)c2=O)cnn1-c1ccc2ccccc2n1. The lowest BCUT2D eigenvalue weighted by molar-refractivity contribution is 0.102. The molecule has 3 heterocycles. The van der Waals surface area contributed by atoms with Crippen LogP contribution in [0.4, 0.5) is 5.69 Å². The van der Waals surface area contributed by atoms with E-state index >= 15 is 0 Å². The first-order valence-electron chi connectivity index (χ1n) is 10.5. The molecule has 0 bridgehead atoms. The molecule has 5 aromatic rings. The Labute approximate surface area is 189 Å². The van der Waals surface area contributed by atoms with Crippen molar-refractivity contribution < 1.29 is 4.79 Å². The van der Waals surface area contributed by atoms with Crippen molar-refractivity contribution in [3.8, 4) is 11.5 Å². The van der Waals surface area contributed by atoms with Gasteiger partial charge in [-0.2, -0.15) is 5.10 Å². The molecule has 164 valence electrons. The van der Waals surface area contributed by atoms with E-state index in [0.29, 0.717) is 22.8 Å². The van der Waals surface area contributed by atoms with Crippen molar-refractivity contribution in [3.63, 3.8) is 0 Å². The van der Waals surface area contributed by atoms with E-state index in [4.69, 9.17) is 0 Å². The van der Waals surface area contributed by atoms with Crippen LogP contribution in [0.2, 0.25) is 0 Å². The summed E-state index contributed by atoms with van der Waals surface area (Å²) >= 11 is 0. The number of hydrogen-bond donors (Lipinski definition) is 1. The number of carbonyl (C=O) groups excluding carboxylic acids is 1. The molecule has 2 aromatic carbocycles. The largest absolute Gasteiger partial charge is 0.316 e. The van der Waals surface area contributed by atoms with Crippen molar-refractivity contribution in [2.45, 2.75) is 13.8 Å². The fourth-order valence-electron chi connectivity index (χ4n) is 3.93. The van der Waals surface area contributed by atoms with Crippen molar-refractivity contribution in [2.24, 2.45) is 7.05 Å². The van der Waals surface area contributed by atoms with Crippen LogP contribution in [0.5, 0.6) is 0 Å². The van der Waals surface area contributed by atoms with Gasteiger partial charge in [0.2, 0.25) is 0 Å². The topological polar surface area (TPSA) is 86.7 Å². The Balaban J connectivity index is 1.48. The van der Waals surface area contributed by atoms with Gasteiger partial charge in [-0.15, -0.1) is 0 Å². The summed E-state index contributed by atoms with van der Waals surface area (Å²) in [6.07, 6.45) is 1.50. The monoisotopic (exact) mass is 438 g/mol. The third-order valence-corrected chi connectivity index (χ3v) is 5.85. The van der Waals surface area contributed by atoms with E-state index < -0.39 is 5.91 Å². The van der Waals surface area contributed by atoms with Crippen molar-refractivity contribution >= 4 is 22.5 Å². The minimum atomic E-state index is -0.398. The normalized spacial score (nSPS) is 11.1. The van der Waals surface area contributed by atoms with Crippen LogP contribution in [0.3, 0.4) is 0 Å². The summed E-state index contributed by atoms with van der Waals surface area (Å²) in [6.45, 7) is 3.60. The first-order chi connectivity index (χ1) is 16.0. The van der Waals surface area contributed by atoms with E-state index in [2.05, 4.69) is 15.4 Å². The standard InChI is InChI=1S/C25H22N6O2/c1-16-20(15-26-30(16)22-14-13-18-9-7-8-12-21(18)27-22)24(32)28-23-17(2)29(3)31(25(23)33)19-10-5-4-6-11-19/h4-15H,1-3H3,(H,28,32). The van der Waals surface area contributed by atoms with Crippen LogP contribution >= 0.6 is 0 Å². The van der Waals surface area contributed by atoms with Crippen LogP contribution in [0.15, 0.2) is 77.7 Å². The number of nitrogens with one attached hydrogen (secondary N) is 1. The molecule has 3 aromatic heterocycles. The summed E-state index contributed by atoms with van der Waals surface area (Å²) in [6, 6.07) is 20.9. The summed E-state index contributed by atoms with van der Waals surface area (Å²) in [5.74, 6) is 0.220. The second-order valence-electron chi connectivity index (χ2n) is 7.81. The molecule has 0 spiro atoms. The highest BCUT2D eigenvalue weighted by Gasteiger charge is 2.21. The number of carbonyl (C=O) groups is 1. The summed E-state index contributed by atoms with van der Waals surface area (Å²) in [5.41, 5.74) is 3.17. The van der Waals surface area contributed by atoms with E-state index in [1.54, 1.807) is 30.3 Å². The van der Waals surface area contributed by atoms with Crippen LogP contribution in [0, 0.1) is 13.8 Å². The lowest BCUT2D eigenvalue weighted by atomic mass is 10.2. The van der Waals surface area contributed by atoms with E-state index in [0.717, 1.165) is 16.6 Å². The van der Waals surface area contributed by atoms with Gasteiger partial charge in [-0.1, -0.05) is 36.4 Å². The molecule has 33 heavy (non-hydrogen) atoms. The van der Waals surface area contributed by atoms with Crippen molar-refractivity contribution in [3.05, 3.63) is 100 Å². The van der Waals surface area contributed by atoms with Gasteiger partial charge in [-0.25, -0.2) is 14.3 Å². The summed E-state index contributed by atoms with van der Waals surface area (Å²) in [5, 5.41) is 8.20. The quantitative estimate of drug-likeness (QED) is 0.463. The number of hydrogen-bond acceptors (Lipinski definition) is 4. The molecule has 0 fully saturated rings. The molecule has 0 saturated heterocycles. The van der Waals surface area contributed by atoms with Gasteiger partial charge < -0.3 is 5.32 Å². The second-order valence-corrected chi connectivity index (χ2v) is 7.81. The summed E-state index contributed by atoms with van der Waals surface area (Å²) in [4.78, 5) is 30.9. The van der Waals surface area contributed by atoms with E-state index in [1.807, 2.05) is 66.7 Å². The first kappa shape index (κ1) is 20.4. The highest BCUT2D eigenvalue weighted by atomic mass is 16.2. The molecule has 0 aliphatic carbocycles. The zero-order valence-corrected chi connectivity index (χ0v) is 18.5. The second kappa shape index (κ2) is 7.90. The molecule has 0 radical (unpaired) electrons. The average molecular weight is 438 g/mol. The smallest absolute Gasteiger partial charge is 0.295 e. The molecule has 0 aliphatic rings. The number of anilines is 1. The van der Waals surface area contributed by atoms with Crippen molar-refractivity contribution in [1.82, 2.24) is 24.1 Å². The number of para-hydroxylation sites is 2. The van der Waals surface area contributed by atoms with Gasteiger partial charge in [0.15, 0.2) is 5.82 Å². The minimum Gasteiger partial charge on any atom is -0.316 e. The minimum absolute atomic E-state index is 0.238. The third kappa shape index (κ3) is 3.41. The predicted molar refractivity (Wildman–Crippen MR) is 127 cm³/mol.